The van der Waals surface area contributed by atoms with Crippen molar-refractivity contribution in [1.29, 1.82) is 0 Å². The molecule has 3 heterocycles. The molecule has 3 rings (SSSR count). The fraction of sp³-hybridized carbons (Fsp3) is 0.118. The summed E-state index contributed by atoms with van der Waals surface area (Å²) in [4.78, 5) is 11.9. The van der Waals surface area contributed by atoms with Crippen LogP contribution < -0.4 is 5.32 Å². The SMILES string of the molecule is O=C(/C=C/c1ccco1)NCC(O)(c1ccsc1)c1ccco1. The van der Waals surface area contributed by atoms with E-state index >= 15 is 0 Å². The average Bonchev–Trinajstić information content (AvgIpc) is 3.33. The van der Waals surface area contributed by atoms with Gasteiger partial charge in [-0.05, 0) is 47.2 Å². The molecule has 1 atom stereocenters. The molecule has 0 fully saturated rings. The maximum Gasteiger partial charge on any atom is 0.244 e. The first-order valence-corrected chi connectivity index (χ1v) is 7.91. The quantitative estimate of drug-likeness (QED) is 0.682. The monoisotopic (exact) mass is 329 g/mol. The molecule has 1 unspecified atom stereocenters. The molecular weight excluding hydrogens is 314 g/mol. The van der Waals surface area contributed by atoms with Gasteiger partial charge in [0.25, 0.3) is 0 Å². The molecule has 23 heavy (non-hydrogen) atoms. The van der Waals surface area contributed by atoms with Crippen LogP contribution >= 0.6 is 11.3 Å². The van der Waals surface area contributed by atoms with Gasteiger partial charge in [0.1, 0.15) is 11.5 Å². The second-order valence-electron chi connectivity index (χ2n) is 4.92. The predicted octanol–water partition coefficient (Wildman–Crippen LogP) is 3.00. The van der Waals surface area contributed by atoms with Gasteiger partial charge in [-0.25, -0.2) is 0 Å². The van der Waals surface area contributed by atoms with Crippen LogP contribution in [0.1, 0.15) is 17.1 Å². The largest absolute Gasteiger partial charge is 0.466 e. The number of carbonyl (C=O) groups excluding carboxylic acids is 1. The van der Waals surface area contributed by atoms with E-state index in [0.717, 1.165) is 0 Å². The number of hydrogen-bond acceptors (Lipinski definition) is 5. The summed E-state index contributed by atoms with van der Waals surface area (Å²) in [6.45, 7) is -0.00141. The topological polar surface area (TPSA) is 75.6 Å². The number of carbonyl (C=O) groups is 1. The number of furan rings is 2. The highest BCUT2D eigenvalue weighted by molar-refractivity contribution is 7.08. The number of rotatable bonds is 6. The van der Waals surface area contributed by atoms with Crippen molar-refractivity contribution in [2.24, 2.45) is 0 Å². The molecule has 5 nitrogen and oxygen atoms in total. The lowest BCUT2D eigenvalue weighted by Crippen LogP contribution is -2.40. The zero-order valence-corrected chi connectivity index (χ0v) is 13.0. The summed E-state index contributed by atoms with van der Waals surface area (Å²) in [6.07, 6.45) is 5.94. The minimum Gasteiger partial charge on any atom is -0.466 e. The highest BCUT2D eigenvalue weighted by atomic mass is 32.1. The summed E-state index contributed by atoms with van der Waals surface area (Å²) in [5, 5.41) is 17.4. The van der Waals surface area contributed by atoms with Gasteiger partial charge in [-0.3, -0.25) is 4.79 Å². The standard InChI is InChI=1S/C17H15NO4S/c19-16(6-5-14-3-1-8-21-14)18-12-17(20,13-7-10-23-11-13)15-4-2-9-22-15/h1-11,20H,12H2,(H,18,19)/b6-5+. The van der Waals surface area contributed by atoms with Gasteiger partial charge >= 0.3 is 0 Å². The number of nitrogens with one attached hydrogen (secondary N) is 1. The summed E-state index contributed by atoms with van der Waals surface area (Å²) in [5.74, 6) is 0.632. The molecule has 0 spiro atoms. The van der Waals surface area contributed by atoms with Crippen LogP contribution in [0.15, 0.2) is 68.5 Å². The van der Waals surface area contributed by atoms with Gasteiger partial charge in [0.15, 0.2) is 5.60 Å². The molecular formula is C17H15NO4S. The number of hydrogen-bond donors (Lipinski definition) is 2. The smallest absolute Gasteiger partial charge is 0.244 e. The molecule has 0 aliphatic heterocycles. The van der Waals surface area contributed by atoms with Crippen LogP contribution in [0, 0.1) is 0 Å². The molecule has 2 N–H and O–H groups in total. The Morgan fingerprint density at radius 1 is 1.26 bits per heavy atom. The van der Waals surface area contributed by atoms with Gasteiger partial charge in [-0.1, -0.05) is 0 Å². The first-order valence-electron chi connectivity index (χ1n) is 6.97. The molecule has 0 aromatic carbocycles. The summed E-state index contributed by atoms with van der Waals surface area (Å²) in [6, 6.07) is 8.67. The van der Waals surface area contributed by atoms with E-state index in [1.165, 1.54) is 29.9 Å². The van der Waals surface area contributed by atoms with E-state index in [2.05, 4.69) is 5.32 Å². The summed E-state index contributed by atoms with van der Waals surface area (Å²) in [5.41, 5.74) is -0.731. The maximum atomic E-state index is 11.9. The van der Waals surface area contributed by atoms with E-state index in [-0.39, 0.29) is 12.5 Å². The van der Waals surface area contributed by atoms with Crippen molar-refractivity contribution in [2.45, 2.75) is 5.60 Å². The first-order chi connectivity index (χ1) is 11.2. The Kier molecular flexibility index (Phi) is 4.45. The van der Waals surface area contributed by atoms with Crippen LogP contribution in [0.25, 0.3) is 6.08 Å². The van der Waals surface area contributed by atoms with Crippen molar-refractivity contribution in [1.82, 2.24) is 5.32 Å². The Hall–Kier alpha value is -2.57. The predicted molar refractivity (Wildman–Crippen MR) is 86.8 cm³/mol. The van der Waals surface area contributed by atoms with Crippen LogP contribution in [0.5, 0.6) is 0 Å². The van der Waals surface area contributed by atoms with Crippen LogP contribution in [0.2, 0.25) is 0 Å². The van der Waals surface area contributed by atoms with Crippen molar-refractivity contribution >= 4 is 23.3 Å². The third kappa shape index (κ3) is 3.44. The van der Waals surface area contributed by atoms with Crippen molar-refractivity contribution in [3.05, 3.63) is 76.8 Å². The second kappa shape index (κ2) is 6.68. The number of aliphatic hydroxyl groups is 1. The summed E-state index contributed by atoms with van der Waals surface area (Å²) >= 11 is 1.47. The van der Waals surface area contributed by atoms with Crippen molar-refractivity contribution < 1.29 is 18.7 Å². The zero-order chi connectivity index (χ0) is 16.1. The summed E-state index contributed by atoms with van der Waals surface area (Å²) in [7, 11) is 0. The lowest BCUT2D eigenvalue weighted by molar-refractivity contribution is -0.117. The van der Waals surface area contributed by atoms with Gasteiger partial charge in [-0.2, -0.15) is 11.3 Å². The van der Waals surface area contributed by atoms with Gasteiger partial charge < -0.3 is 19.3 Å². The Morgan fingerprint density at radius 3 is 2.74 bits per heavy atom. The minimum absolute atomic E-state index is 0.00141. The number of thiophene rings is 1. The Balaban J connectivity index is 1.71. The average molecular weight is 329 g/mol. The Labute approximate surface area is 136 Å². The zero-order valence-electron chi connectivity index (χ0n) is 12.1. The van der Waals surface area contributed by atoms with Crippen molar-refractivity contribution in [2.75, 3.05) is 6.54 Å². The van der Waals surface area contributed by atoms with Crippen molar-refractivity contribution in [3.8, 4) is 0 Å². The normalized spacial score (nSPS) is 14.0. The molecule has 1 amide bonds. The third-order valence-electron chi connectivity index (χ3n) is 3.39. The molecule has 0 aliphatic carbocycles. The van der Waals surface area contributed by atoms with Crippen molar-refractivity contribution in [3.63, 3.8) is 0 Å². The highest BCUT2D eigenvalue weighted by Gasteiger charge is 2.35. The fourth-order valence-corrected chi connectivity index (χ4v) is 2.89. The maximum absolute atomic E-state index is 11.9. The molecule has 3 aromatic rings. The van der Waals surface area contributed by atoms with Crippen LogP contribution in [-0.2, 0) is 10.4 Å². The molecule has 0 aliphatic rings. The van der Waals surface area contributed by atoms with Gasteiger partial charge in [0.05, 0.1) is 19.1 Å². The highest BCUT2D eigenvalue weighted by Crippen LogP contribution is 2.30. The Morgan fingerprint density at radius 2 is 2.09 bits per heavy atom. The second-order valence-corrected chi connectivity index (χ2v) is 5.70. The van der Waals surface area contributed by atoms with Crippen LogP contribution in [0.4, 0.5) is 0 Å². The van der Waals surface area contributed by atoms with Gasteiger partial charge in [0, 0.05) is 11.6 Å². The third-order valence-corrected chi connectivity index (χ3v) is 4.07. The van der Waals surface area contributed by atoms with Crippen LogP contribution in [-0.4, -0.2) is 17.6 Å². The molecule has 0 saturated carbocycles. The number of amides is 1. The van der Waals surface area contributed by atoms with E-state index in [1.807, 2.05) is 10.8 Å². The van der Waals surface area contributed by atoms with Crippen LogP contribution in [0.3, 0.4) is 0 Å². The lowest BCUT2D eigenvalue weighted by atomic mass is 9.93. The molecule has 118 valence electrons. The molecule has 0 radical (unpaired) electrons. The van der Waals surface area contributed by atoms with E-state index in [4.69, 9.17) is 8.83 Å². The first kappa shape index (κ1) is 15.3. The Bertz CT molecular complexity index is 724. The van der Waals surface area contributed by atoms with E-state index < -0.39 is 5.60 Å². The summed E-state index contributed by atoms with van der Waals surface area (Å²) < 4.78 is 10.5. The molecule has 6 heteroatoms. The van der Waals surface area contributed by atoms with E-state index in [1.54, 1.807) is 36.4 Å². The lowest BCUT2D eigenvalue weighted by Gasteiger charge is -2.25. The minimum atomic E-state index is -1.41. The molecule has 3 aromatic heterocycles. The fourth-order valence-electron chi connectivity index (χ4n) is 2.16. The van der Waals surface area contributed by atoms with E-state index in [0.29, 0.717) is 17.1 Å². The molecule has 0 bridgehead atoms. The molecule has 0 saturated heterocycles. The van der Waals surface area contributed by atoms with E-state index in [9.17, 15) is 9.90 Å². The van der Waals surface area contributed by atoms with Gasteiger partial charge in [0.2, 0.25) is 5.91 Å². The van der Waals surface area contributed by atoms with Gasteiger partial charge in [-0.15, -0.1) is 0 Å².